The minimum atomic E-state index is -1.43. The van der Waals surface area contributed by atoms with Gasteiger partial charge in [-0.2, -0.15) is 0 Å². The summed E-state index contributed by atoms with van der Waals surface area (Å²) in [6.45, 7) is 3.77. The van der Waals surface area contributed by atoms with Crippen LogP contribution in [0.5, 0.6) is 11.5 Å². The molecule has 258 valence electrons. The molecule has 1 aromatic heterocycles. The standard InChI is InChI=1S/C35H39ClN6O7/c1-22-30(43)38-14-17-48-27-8-10-28(11-9-27)49-35(12-15-42(16-13-35)33(46)25-19-26(36)21-37-20-25)34(47)40-23(2)31(44)41-29(32(45)39-22)18-24-6-4-3-5-7-24/h3-11,19-23,29H,12-18H2,1-2H3,(H,38,43)(H,39,45)(H,40,47)(H,41,44)/t22-,23-,29-/m0/s1. The van der Waals surface area contributed by atoms with E-state index in [-0.39, 0.29) is 51.4 Å². The van der Waals surface area contributed by atoms with Gasteiger partial charge in [0.1, 0.15) is 36.2 Å². The largest absolute Gasteiger partial charge is 0.492 e. The molecule has 3 atom stereocenters. The first-order valence-corrected chi connectivity index (χ1v) is 16.5. The average molecular weight is 691 g/mol. The molecule has 3 aliphatic heterocycles. The zero-order valence-corrected chi connectivity index (χ0v) is 28.0. The van der Waals surface area contributed by atoms with Crippen LogP contribution in [0.4, 0.5) is 0 Å². The second kappa shape index (κ2) is 15.8. The molecule has 0 radical (unpaired) electrons. The van der Waals surface area contributed by atoms with Gasteiger partial charge in [0.05, 0.1) is 17.1 Å². The monoisotopic (exact) mass is 690 g/mol. The van der Waals surface area contributed by atoms with Crippen molar-refractivity contribution in [3.63, 3.8) is 0 Å². The zero-order chi connectivity index (χ0) is 35.0. The number of halogens is 1. The average Bonchev–Trinajstić information content (AvgIpc) is 3.10. The lowest BCUT2D eigenvalue weighted by Gasteiger charge is -2.41. The number of carbonyl (C=O) groups excluding carboxylic acids is 5. The number of likely N-dealkylation sites (tertiary alicyclic amines) is 1. The van der Waals surface area contributed by atoms with Crippen molar-refractivity contribution in [2.75, 3.05) is 26.2 Å². The van der Waals surface area contributed by atoms with Gasteiger partial charge < -0.3 is 35.6 Å². The fraction of sp³-hybridized carbons (Fsp3) is 0.371. The molecule has 0 aliphatic carbocycles. The molecule has 0 saturated carbocycles. The quantitative estimate of drug-likeness (QED) is 0.303. The molecule has 1 spiro atoms. The molecule has 5 amide bonds. The highest BCUT2D eigenvalue weighted by atomic mass is 35.5. The Bertz CT molecular complexity index is 1660. The molecular weight excluding hydrogens is 652 g/mol. The third-order valence-corrected chi connectivity index (χ3v) is 8.65. The molecule has 3 aromatic rings. The van der Waals surface area contributed by atoms with Crippen molar-refractivity contribution in [1.82, 2.24) is 31.2 Å². The maximum Gasteiger partial charge on any atom is 0.264 e. The van der Waals surface area contributed by atoms with E-state index in [1.54, 1.807) is 36.1 Å². The van der Waals surface area contributed by atoms with Crippen molar-refractivity contribution in [3.05, 3.63) is 89.2 Å². The Balaban J connectivity index is 1.38. The van der Waals surface area contributed by atoms with Gasteiger partial charge in [-0.05, 0) is 49.7 Å². The molecule has 2 bridgehead atoms. The van der Waals surface area contributed by atoms with E-state index in [4.69, 9.17) is 21.1 Å². The van der Waals surface area contributed by atoms with Gasteiger partial charge in [0.15, 0.2) is 5.60 Å². The number of ether oxygens (including phenoxy) is 2. The minimum absolute atomic E-state index is 0.127. The Morgan fingerprint density at radius 3 is 2.24 bits per heavy atom. The van der Waals surface area contributed by atoms with E-state index < -0.39 is 47.4 Å². The highest BCUT2D eigenvalue weighted by Crippen LogP contribution is 2.31. The van der Waals surface area contributed by atoms with E-state index in [0.29, 0.717) is 22.1 Å². The normalized spacial score (nSPS) is 22.1. The van der Waals surface area contributed by atoms with Crippen LogP contribution >= 0.6 is 11.6 Å². The molecule has 0 unspecified atom stereocenters. The topological polar surface area (TPSA) is 168 Å². The number of benzene rings is 2. The lowest BCUT2D eigenvalue weighted by Crippen LogP contribution is -2.61. The number of nitrogens with one attached hydrogen (secondary N) is 4. The summed E-state index contributed by atoms with van der Waals surface area (Å²) in [5.41, 5.74) is -0.313. The van der Waals surface area contributed by atoms with Gasteiger partial charge in [0.2, 0.25) is 17.7 Å². The summed E-state index contributed by atoms with van der Waals surface area (Å²) in [4.78, 5) is 72.5. The van der Waals surface area contributed by atoms with Crippen molar-refractivity contribution < 1.29 is 33.4 Å². The number of amides is 5. The maximum atomic E-state index is 14.0. The van der Waals surface area contributed by atoms with E-state index in [1.165, 1.54) is 25.4 Å². The van der Waals surface area contributed by atoms with Crippen molar-refractivity contribution in [3.8, 4) is 11.5 Å². The molecule has 6 rings (SSSR count). The van der Waals surface area contributed by atoms with Gasteiger partial charge in [0, 0.05) is 44.7 Å². The highest BCUT2D eigenvalue weighted by Gasteiger charge is 2.46. The first-order chi connectivity index (χ1) is 23.5. The molecule has 1 fully saturated rings. The Hall–Kier alpha value is -5.17. The summed E-state index contributed by atoms with van der Waals surface area (Å²) in [6.07, 6.45) is 3.28. The molecular formula is C35H39ClN6O7. The van der Waals surface area contributed by atoms with Gasteiger partial charge in [-0.25, -0.2) is 0 Å². The van der Waals surface area contributed by atoms with Crippen LogP contribution in [0.2, 0.25) is 5.02 Å². The summed E-state index contributed by atoms with van der Waals surface area (Å²) in [7, 11) is 0. The van der Waals surface area contributed by atoms with Crippen LogP contribution in [0.1, 0.15) is 42.6 Å². The Kier molecular flexibility index (Phi) is 11.3. The molecule has 4 N–H and O–H groups in total. The molecule has 2 aromatic carbocycles. The fourth-order valence-electron chi connectivity index (χ4n) is 5.61. The first kappa shape index (κ1) is 35.1. The minimum Gasteiger partial charge on any atom is -0.492 e. The molecule has 14 heteroatoms. The third-order valence-electron chi connectivity index (χ3n) is 8.44. The Morgan fingerprint density at radius 1 is 0.878 bits per heavy atom. The van der Waals surface area contributed by atoms with Crippen LogP contribution in [0, 0.1) is 0 Å². The van der Waals surface area contributed by atoms with Crippen LogP contribution in [0.25, 0.3) is 0 Å². The highest BCUT2D eigenvalue weighted by molar-refractivity contribution is 6.30. The van der Waals surface area contributed by atoms with Crippen LogP contribution < -0.4 is 30.7 Å². The number of hydrogen-bond acceptors (Lipinski definition) is 8. The van der Waals surface area contributed by atoms with Crippen LogP contribution in [-0.2, 0) is 25.6 Å². The fourth-order valence-corrected chi connectivity index (χ4v) is 5.79. The van der Waals surface area contributed by atoms with Crippen molar-refractivity contribution >= 4 is 41.1 Å². The molecule has 49 heavy (non-hydrogen) atoms. The second-order valence-corrected chi connectivity index (χ2v) is 12.5. The van der Waals surface area contributed by atoms with Crippen molar-refractivity contribution in [1.29, 1.82) is 0 Å². The van der Waals surface area contributed by atoms with E-state index in [9.17, 15) is 24.0 Å². The summed E-state index contributed by atoms with van der Waals surface area (Å²) < 4.78 is 12.1. The Morgan fingerprint density at radius 2 is 1.55 bits per heavy atom. The van der Waals surface area contributed by atoms with Crippen LogP contribution in [0.15, 0.2) is 73.1 Å². The Labute approximate surface area is 289 Å². The van der Waals surface area contributed by atoms with E-state index >= 15 is 0 Å². The van der Waals surface area contributed by atoms with Gasteiger partial charge >= 0.3 is 0 Å². The number of carbonyl (C=O) groups is 5. The van der Waals surface area contributed by atoms with Gasteiger partial charge in [0.25, 0.3) is 11.8 Å². The van der Waals surface area contributed by atoms with Crippen LogP contribution in [-0.4, -0.2) is 89.4 Å². The zero-order valence-electron chi connectivity index (χ0n) is 27.2. The summed E-state index contributed by atoms with van der Waals surface area (Å²) in [5.74, 6) is -1.50. The number of fused-ring (bicyclic) bond motifs is 15. The summed E-state index contributed by atoms with van der Waals surface area (Å²) in [6, 6.07) is 14.3. The van der Waals surface area contributed by atoms with Gasteiger partial charge in [-0.1, -0.05) is 41.9 Å². The number of nitrogens with zero attached hydrogens (tertiary/aromatic N) is 2. The smallest absolute Gasteiger partial charge is 0.264 e. The number of pyridine rings is 1. The maximum absolute atomic E-state index is 14.0. The van der Waals surface area contributed by atoms with Crippen molar-refractivity contribution in [2.45, 2.75) is 56.8 Å². The number of aromatic nitrogens is 1. The predicted octanol–water partition coefficient (Wildman–Crippen LogP) is 2.03. The van der Waals surface area contributed by atoms with Gasteiger partial charge in [-0.3, -0.25) is 29.0 Å². The van der Waals surface area contributed by atoms with Gasteiger partial charge in [-0.15, -0.1) is 0 Å². The van der Waals surface area contributed by atoms with E-state index in [1.807, 2.05) is 30.3 Å². The number of hydrogen-bond donors (Lipinski definition) is 4. The molecule has 13 nitrogen and oxygen atoms in total. The number of piperidine rings is 1. The van der Waals surface area contributed by atoms with E-state index in [0.717, 1.165) is 5.56 Å². The summed E-state index contributed by atoms with van der Waals surface area (Å²) in [5, 5.41) is 11.3. The predicted molar refractivity (Wildman–Crippen MR) is 180 cm³/mol. The van der Waals surface area contributed by atoms with E-state index in [2.05, 4.69) is 26.3 Å². The molecule has 3 aliphatic rings. The molecule has 4 heterocycles. The number of rotatable bonds is 3. The first-order valence-electron chi connectivity index (χ1n) is 16.1. The lowest BCUT2D eigenvalue weighted by atomic mass is 9.89. The van der Waals surface area contributed by atoms with Crippen LogP contribution in [0.3, 0.4) is 0 Å². The second-order valence-electron chi connectivity index (χ2n) is 12.1. The van der Waals surface area contributed by atoms with Crippen molar-refractivity contribution in [2.24, 2.45) is 0 Å². The SMILES string of the molecule is C[C@@H]1NC(=O)[C@H](Cc2ccccc2)NC(=O)[C@H](C)NC(=O)C2(CCN(C(=O)c3cncc(Cl)c3)CC2)Oc2ccc(cc2)OCCNC1=O. The lowest BCUT2D eigenvalue weighted by molar-refractivity contribution is -0.143. The molecule has 1 saturated heterocycles. The third kappa shape index (κ3) is 9.05. The summed E-state index contributed by atoms with van der Waals surface area (Å²) >= 11 is 6.05.